The summed E-state index contributed by atoms with van der Waals surface area (Å²) in [7, 11) is 0. The van der Waals surface area contributed by atoms with E-state index in [1.807, 2.05) is 52.0 Å². The zero-order chi connectivity index (χ0) is 27.6. The molecule has 0 bridgehead atoms. The van der Waals surface area contributed by atoms with E-state index in [2.05, 4.69) is 0 Å². The molecule has 1 fully saturated rings. The smallest absolute Gasteiger partial charge is 0.307 e. The monoisotopic (exact) mass is 513 g/mol. The summed E-state index contributed by atoms with van der Waals surface area (Å²) in [6.07, 6.45) is 0.651. The molecule has 196 valence electrons. The molecule has 1 aliphatic heterocycles. The van der Waals surface area contributed by atoms with Gasteiger partial charge in [-0.3, -0.25) is 19.3 Å². The number of ketones is 1. The van der Waals surface area contributed by atoms with Crippen molar-refractivity contribution in [1.82, 2.24) is 0 Å². The van der Waals surface area contributed by atoms with Gasteiger partial charge in [-0.1, -0.05) is 43.3 Å². The number of amides is 1. The van der Waals surface area contributed by atoms with Crippen molar-refractivity contribution in [2.24, 2.45) is 0 Å². The molecule has 4 rings (SSSR count). The third-order valence-electron chi connectivity index (χ3n) is 6.53. The van der Waals surface area contributed by atoms with E-state index in [0.29, 0.717) is 28.1 Å². The molecule has 1 atom stereocenters. The van der Waals surface area contributed by atoms with E-state index in [9.17, 15) is 19.5 Å². The van der Waals surface area contributed by atoms with Gasteiger partial charge in [0.1, 0.15) is 11.5 Å². The van der Waals surface area contributed by atoms with Crippen LogP contribution in [-0.4, -0.2) is 34.0 Å². The molecule has 0 aliphatic carbocycles. The van der Waals surface area contributed by atoms with Crippen molar-refractivity contribution in [3.8, 4) is 5.75 Å². The summed E-state index contributed by atoms with van der Waals surface area (Å²) >= 11 is 0. The molecule has 0 aromatic heterocycles. The molecule has 1 heterocycles. The minimum absolute atomic E-state index is 0.00853. The molecule has 3 aromatic carbocycles. The Balaban J connectivity index is 1.85. The van der Waals surface area contributed by atoms with Gasteiger partial charge in [0.05, 0.1) is 24.1 Å². The van der Waals surface area contributed by atoms with Crippen molar-refractivity contribution >= 4 is 29.1 Å². The number of anilines is 1. The average molecular weight is 514 g/mol. The summed E-state index contributed by atoms with van der Waals surface area (Å²) in [5, 5.41) is 20.5. The normalized spacial score (nSPS) is 16.8. The number of carbonyl (C=O) groups excluding carboxylic acids is 2. The molecule has 3 aromatic rings. The zero-order valence-corrected chi connectivity index (χ0v) is 21.9. The molecular weight excluding hydrogens is 482 g/mol. The molecule has 0 spiro atoms. The number of aliphatic hydroxyl groups is 1. The average Bonchev–Trinajstić information content (AvgIpc) is 3.15. The van der Waals surface area contributed by atoms with Gasteiger partial charge in [-0.15, -0.1) is 0 Å². The van der Waals surface area contributed by atoms with Gasteiger partial charge in [0.15, 0.2) is 0 Å². The predicted molar refractivity (Wildman–Crippen MR) is 145 cm³/mol. The first-order chi connectivity index (χ1) is 18.1. The zero-order valence-electron chi connectivity index (χ0n) is 21.9. The minimum atomic E-state index is -0.964. The van der Waals surface area contributed by atoms with Gasteiger partial charge in [-0.05, 0) is 79.8 Å². The number of aryl methyl sites for hydroxylation is 2. The molecule has 1 aliphatic rings. The first kappa shape index (κ1) is 26.7. The number of hydrogen-bond acceptors (Lipinski definition) is 5. The van der Waals surface area contributed by atoms with Crippen LogP contribution < -0.4 is 9.64 Å². The number of aliphatic hydroxyl groups excluding tert-OH is 1. The maximum atomic E-state index is 13.4. The lowest BCUT2D eigenvalue weighted by Gasteiger charge is -2.26. The van der Waals surface area contributed by atoms with Crippen LogP contribution in [0.1, 0.15) is 54.6 Å². The van der Waals surface area contributed by atoms with E-state index in [-0.39, 0.29) is 23.9 Å². The summed E-state index contributed by atoms with van der Waals surface area (Å²) in [5.74, 6) is -2.11. The SMILES string of the molecule is CCc1ccc(C2/C(=C(/O)c3ccc(OC(C)C)c(C)c3)C(=O)C(=O)N2c2ccc(CC(=O)O)cc2)cc1. The third-order valence-corrected chi connectivity index (χ3v) is 6.53. The Morgan fingerprint density at radius 2 is 1.58 bits per heavy atom. The number of benzene rings is 3. The van der Waals surface area contributed by atoms with Gasteiger partial charge in [0.25, 0.3) is 11.7 Å². The molecule has 1 amide bonds. The summed E-state index contributed by atoms with van der Waals surface area (Å²) in [5.41, 5.74) is 3.96. The number of aliphatic carboxylic acids is 1. The first-order valence-electron chi connectivity index (χ1n) is 12.6. The van der Waals surface area contributed by atoms with Gasteiger partial charge in [0, 0.05) is 11.3 Å². The molecular formula is C31H31NO6. The van der Waals surface area contributed by atoms with Crippen LogP contribution in [0.2, 0.25) is 0 Å². The van der Waals surface area contributed by atoms with Gasteiger partial charge < -0.3 is 14.9 Å². The second kappa shape index (κ2) is 10.9. The van der Waals surface area contributed by atoms with Crippen molar-refractivity contribution < 1.29 is 29.3 Å². The van der Waals surface area contributed by atoms with E-state index < -0.39 is 23.7 Å². The van der Waals surface area contributed by atoms with Crippen molar-refractivity contribution in [2.75, 3.05) is 4.90 Å². The topological polar surface area (TPSA) is 104 Å². The number of carbonyl (C=O) groups is 3. The highest BCUT2D eigenvalue weighted by atomic mass is 16.5. The fourth-order valence-corrected chi connectivity index (χ4v) is 4.64. The quantitative estimate of drug-likeness (QED) is 0.231. The number of hydrogen-bond donors (Lipinski definition) is 2. The number of carboxylic acid groups (broad SMARTS) is 1. The maximum Gasteiger partial charge on any atom is 0.307 e. The number of Topliss-reactive ketones (excluding diaryl/α,β-unsaturated/α-hetero) is 1. The summed E-state index contributed by atoms with van der Waals surface area (Å²) in [6.45, 7) is 7.74. The molecule has 2 N–H and O–H groups in total. The highest BCUT2D eigenvalue weighted by molar-refractivity contribution is 6.51. The lowest BCUT2D eigenvalue weighted by molar-refractivity contribution is -0.136. The highest BCUT2D eigenvalue weighted by Gasteiger charge is 2.47. The Hall–Kier alpha value is -4.39. The first-order valence-corrected chi connectivity index (χ1v) is 12.6. The number of ether oxygens (including phenoxy) is 1. The molecule has 0 radical (unpaired) electrons. The molecule has 1 saturated heterocycles. The Morgan fingerprint density at radius 3 is 2.13 bits per heavy atom. The predicted octanol–water partition coefficient (Wildman–Crippen LogP) is 5.60. The van der Waals surface area contributed by atoms with Crippen LogP contribution >= 0.6 is 0 Å². The lowest BCUT2D eigenvalue weighted by atomic mass is 9.93. The molecule has 1 unspecified atom stereocenters. The molecule has 0 saturated carbocycles. The minimum Gasteiger partial charge on any atom is -0.507 e. The van der Waals surface area contributed by atoms with Crippen LogP contribution in [0, 0.1) is 6.92 Å². The van der Waals surface area contributed by atoms with Gasteiger partial charge in [-0.2, -0.15) is 0 Å². The summed E-state index contributed by atoms with van der Waals surface area (Å²) in [4.78, 5) is 39.2. The van der Waals surface area contributed by atoms with Crippen LogP contribution in [0.3, 0.4) is 0 Å². The van der Waals surface area contributed by atoms with Crippen LogP contribution in [0.4, 0.5) is 5.69 Å². The largest absolute Gasteiger partial charge is 0.507 e. The van der Waals surface area contributed by atoms with E-state index >= 15 is 0 Å². The van der Waals surface area contributed by atoms with E-state index in [0.717, 1.165) is 17.5 Å². The summed E-state index contributed by atoms with van der Waals surface area (Å²) in [6, 6.07) is 18.4. The van der Waals surface area contributed by atoms with Gasteiger partial charge >= 0.3 is 5.97 Å². The Bertz CT molecular complexity index is 1400. The van der Waals surface area contributed by atoms with Gasteiger partial charge in [0.2, 0.25) is 0 Å². The van der Waals surface area contributed by atoms with Crippen LogP contribution in [0.15, 0.2) is 72.3 Å². The Labute approximate surface area is 222 Å². The van der Waals surface area contributed by atoms with Crippen LogP contribution in [0.5, 0.6) is 5.75 Å². The Morgan fingerprint density at radius 1 is 0.947 bits per heavy atom. The van der Waals surface area contributed by atoms with Crippen molar-refractivity contribution in [3.63, 3.8) is 0 Å². The number of carboxylic acids is 1. The second-order valence-electron chi connectivity index (χ2n) is 9.65. The summed E-state index contributed by atoms with van der Waals surface area (Å²) < 4.78 is 5.80. The van der Waals surface area contributed by atoms with Gasteiger partial charge in [-0.25, -0.2) is 0 Å². The van der Waals surface area contributed by atoms with Crippen LogP contribution in [0.25, 0.3) is 5.76 Å². The number of nitrogens with zero attached hydrogens (tertiary/aromatic N) is 1. The second-order valence-corrected chi connectivity index (χ2v) is 9.65. The standard InChI is InChI=1S/C31H31NO6/c1-5-20-6-10-22(11-7-20)28-27(29(35)23-12-15-25(19(4)16-23)38-18(2)3)30(36)31(37)32(28)24-13-8-21(9-14-24)17-26(33)34/h6-16,18,28,35H,5,17H2,1-4H3,(H,33,34)/b29-27-. The van der Waals surface area contributed by atoms with E-state index in [1.165, 1.54) is 4.90 Å². The molecule has 38 heavy (non-hydrogen) atoms. The van der Waals surface area contributed by atoms with Crippen molar-refractivity contribution in [2.45, 2.75) is 52.7 Å². The van der Waals surface area contributed by atoms with Crippen LogP contribution in [-0.2, 0) is 27.2 Å². The van der Waals surface area contributed by atoms with E-state index in [4.69, 9.17) is 9.84 Å². The molecule has 7 heteroatoms. The maximum absolute atomic E-state index is 13.4. The van der Waals surface area contributed by atoms with Crippen molar-refractivity contribution in [3.05, 3.63) is 100 Å². The fraction of sp³-hybridized carbons (Fsp3) is 0.258. The number of rotatable bonds is 8. The molecule has 7 nitrogen and oxygen atoms in total. The highest BCUT2D eigenvalue weighted by Crippen LogP contribution is 2.42. The fourth-order valence-electron chi connectivity index (χ4n) is 4.64. The third kappa shape index (κ3) is 5.32. The van der Waals surface area contributed by atoms with E-state index in [1.54, 1.807) is 42.5 Å². The lowest BCUT2D eigenvalue weighted by Crippen LogP contribution is -2.29. The van der Waals surface area contributed by atoms with Crippen molar-refractivity contribution in [1.29, 1.82) is 0 Å². The Kier molecular flexibility index (Phi) is 7.67.